The monoisotopic (exact) mass is 234 g/mol. The van der Waals surface area contributed by atoms with Crippen molar-refractivity contribution in [2.75, 3.05) is 6.54 Å². The summed E-state index contributed by atoms with van der Waals surface area (Å²) in [5.41, 5.74) is 0.759. The quantitative estimate of drug-likeness (QED) is 0.728. The third kappa shape index (κ3) is 2.75. The lowest BCUT2D eigenvalue weighted by atomic mass is 10.1. The highest BCUT2D eigenvalue weighted by Gasteiger charge is 2.45. The van der Waals surface area contributed by atoms with Crippen molar-refractivity contribution in [2.45, 2.75) is 18.4 Å². The lowest BCUT2D eigenvalue weighted by Gasteiger charge is -2.17. The van der Waals surface area contributed by atoms with Crippen molar-refractivity contribution in [1.29, 1.82) is 0 Å². The molecule has 0 bridgehead atoms. The van der Waals surface area contributed by atoms with Crippen molar-refractivity contribution in [3.8, 4) is 0 Å². The van der Waals surface area contributed by atoms with Gasteiger partial charge in [-0.2, -0.15) is 0 Å². The van der Waals surface area contributed by atoms with E-state index in [1.165, 1.54) is 0 Å². The zero-order chi connectivity index (χ0) is 12.3. The first-order valence-corrected chi connectivity index (χ1v) is 5.46. The Kier molecular flexibility index (Phi) is 2.99. The second-order valence-corrected chi connectivity index (χ2v) is 4.15. The van der Waals surface area contributed by atoms with Gasteiger partial charge in [0.15, 0.2) is 0 Å². The maximum atomic E-state index is 11.5. The van der Waals surface area contributed by atoms with Crippen molar-refractivity contribution >= 4 is 12.0 Å². The van der Waals surface area contributed by atoms with Crippen LogP contribution in [-0.2, 0) is 10.3 Å². The summed E-state index contributed by atoms with van der Waals surface area (Å²) in [6, 6.07) is 9.26. The number of benzene rings is 1. The molecule has 90 valence electrons. The van der Waals surface area contributed by atoms with Crippen LogP contribution in [-0.4, -0.2) is 23.7 Å². The number of urea groups is 1. The van der Waals surface area contributed by atoms with Crippen LogP contribution in [0.2, 0.25) is 0 Å². The fraction of sp³-hybridized carbons (Fsp3) is 0.333. The molecule has 5 heteroatoms. The summed E-state index contributed by atoms with van der Waals surface area (Å²) in [7, 11) is 0. The van der Waals surface area contributed by atoms with E-state index in [1.54, 1.807) is 0 Å². The van der Waals surface area contributed by atoms with Gasteiger partial charge in [0.25, 0.3) is 0 Å². The van der Waals surface area contributed by atoms with Gasteiger partial charge in [0.2, 0.25) is 0 Å². The third-order valence-corrected chi connectivity index (χ3v) is 2.83. The lowest BCUT2D eigenvalue weighted by Crippen LogP contribution is -2.43. The predicted octanol–water partition coefficient (Wildman–Crippen LogP) is 1.06. The molecular weight excluding hydrogens is 220 g/mol. The van der Waals surface area contributed by atoms with Gasteiger partial charge in [-0.15, -0.1) is 0 Å². The van der Waals surface area contributed by atoms with Crippen LogP contribution in [0.15, 0.2) is 30.3 Å². The number of nitrogens with one attached hydrogen (secondary N) is 2. The number of carboxylic acid groups (broad SMARTS) is 1. The molecule has 0 radical (unpaired) electrons. The smallest absolute Gasteiger partial charge is 0.323 e. The van der Waals surface area contributed by atoms with Crippen LogP contribution in [0.3, 0.4) is 0 Å². The van der Waals surface area contributed by atoms with Crippen LogP contribution in [0.25, 0.3) is 0 Å². The molecule has 0 aliphatic heterocycles. The molecule has 1 fully saturated rings. The fourth-order valence-corrected chi connectivity index (χ4v) is 1.79. The third-order valence-electron chi connectivity index (χ3n) is 2.83. The van der Waals surface area contributed by atoms with Gasteiger partial charge in [0.1, 0.15) is 6.54 Å². The Morgan fingerprint density at radius 1 is 1.24 bits per heavy atom. The Balaban J connectivity index is 1.95. The molecule has 0 aromatic heterocycles. The first kappa shape index (κ1) is 11.4. The topological polar surface area (TPSA) is 78.4 Å². The van der Waals surface area contributed by atoms with E-state index < -0.39 is 12.0 Å². The first-order chi connectivity index (χ1) is 8.12. The largest absolute Gasteiger partial charge is 0.480 e. The molecule has 1 saturated carbocycles. The van der Waals surface area contributed by atoms with Crippen molar-refractivity contribution in [1.82, 2.24) is 10.6 Å². The summed E-state index contributed by atoms with van der Waals surface area (Å²) in [4.78, 5) is 21.8. The van der Waals surface area contributed by atoms with E-state index >= 15 is 0 Å². The fourth-order valence-electron chi connectivity index (χ4n) is 1.79. The van der Waals surface area contributed by atoms with Gasteiger partial charge in [0, 0.05) is 0 Å². The van der Waals surface area contributed by atoms with E-state index in [0.29, 0.717) is 0 Å². The Hall–Kier alpha value is -2.04. The molecule has 0 spiro atoms. The number of rotatable bonds is 4. The number of hydrogen-bond acceptors (Lipinski definition) is 2. The van der Waals surface area contributed by atoms with Gasteiger partial charge < -0.3 is 15.7 Å². The highest BCUT2D eigenvalue weighted by Crippen LogP contribution is 2.45. The van der Waals surface area contributed by atoms with E-state index in [-0.39, 0.29) is 12.1 Å². The number of aliphatic carboxylic acids is 1. The van der Waals surface area contributed by atoms with Gasteiger partial charge in [0.05, 0.1) is 5.54 Å². The predicted molar refractivity (Wildman–Crippen MR) is 61.5 cm³/mol. The molecule has 1 aromatic carbocycles. The summed E-state index contributed by atoms with van der Waals surface area (Å²) in [5, 5.41) is 13.6. The molecule has 1 aliphatic rings. The molecule has 2 amide bonds. The summed E-state index contributed by atoms with van der Waals surface area (Å²) < 4.78 is 0. The van der Waals surface area contributed by atoms with Crippen molar-refractivity contribution in [3.63, 3.8) is 0 Å². The summed E-state index contributed by atoms with van der Waals surface area (Å²) >= 11 is 0. The Morgan fingerprint density at radius 2 is 1.88 bits per heavy atom. The number of carboxylic acids is 1. The van der Waals surface area contributed by atoms with Crippen LogP contribution in [0.1, 0.15) is 18.4 Å². The van der Waals surface area contributed by atoms with E-state index in [4.69, 9.17) is 5.11 Å². The van der Waals surface area contributed by atoms with Crippen LogP contribution in [0.5, 0.6) is 0 Å². The maximum Gasteiger partial charge on any atom is 0.323 e. The minimum Gasteiger partial charge on any atom is -0.480 e. The highest BCUT2D eigenvalue weighted by molar-refractivity contribution is 5.80. The minimum atomic E-state index is -1.05. The first-order valence-electron chi connectivity index (χ1n) is 5.46. The zero-order valence-electron chi connectivity index (χ0n) is 9.27. The van der Waals surface area contributed by atoms with Crippen molar-refractivity contribution in [3.05, 3.63) is 35.9 Å². The average Bonchev–Trinajstić information content (AvgIpc) is 3.09. The molecule has 0 heterocycles. The molecule has 0 atom stereocenters. The molecule has 2 rings (SSSR count). The molecule has 3 N–H and O–H groups in total. The number of amides is 2. The second-order valence-electron chi connectivity index (χ2n) is 4.15. The molecule has 0 saturated heterocycles. The van der Waals surface area contributed by atoms with E-state index in [2.05, 4.69) is 10.6 Å². The van der Waals surface area contributed by atoms with Crippen LogP contribution in [0.4, 0.5) is 4.79 Å². The molecule has 1 aromatic rings. The van der Waals surface area contributed by atoms with E-state index in [9.17, 15) is 9.59 Å². The SMILES string of the molecule is O=C(O)CNC(=O)NC1(c2ccccc2)CC1. The Morgan fingerprint density at radius 3 is 2.41 bits per heavy atom. The zero-order valence-corrected chi connectivity index (χ0v) is 9.27. The minimum absolute atomic E-state index is 0.302. The number of carbonyl (C=O) groups is 2. The second kappa shape index (κ2) is 4.45. The van der Waals surface area contributed by atoms with Gasteiger partial charge in [-0.05, 0) is 18.4 Å². The highest BCUT2D eigenvalue weighted by atomic mass is 16.4. The maximum absolute atomic E-state index is 11.5. The van der Waals surface area contributed by atoms with Gasteiger partial charge in [-0.25, -0.2) is 4.79 Å². The summed E-state index contributed by atoms with van der Waals surface area (Å²) in [6.07, 6.45) is 1.77. The molecule has 5 nitrogen and oxygen atoms in total. The number of hydrogen-bond donors (Lipinski definition) is 3. The normalized spacial score (nSPS) is 16.0. The Labute approximate surface area is 98.8 Å². The molecular formula is C12H14N2O3. The van der Waals surface area contributed by atoms with Crippen LogP contribution >= 0.6 is 0 Å². The summed E-state index contributed by atoms with van der Waals surface area (Å²) in [5.74, 6) is -1.05. The standard InChI is InChI=1S/C12H14N2O3/c15-10(16)8-13-11(17)14-12(6-7-12)9-4-2-1-3-5-9/h1-5H,6-8H2,(H,15,16)(H2,13,14,17). The molecule has 17 heavy (non-hydrogen) atoms. The van der Waals surface area contributed by atoms with Crippen molar-refractivity contribution < 1.29 is 14.7 Å². The van der Waals surface area contributed by atoms with Crippen LogP contribution in [0, 0.1) is 0 Å². The van der Waals surface area contributed by atoms with E-state index in [0.717, 1.165) is 18.4 Å². The average molecular weight is 234 g/mol. The van der Waals surface area contributed by atoms with Crippen molar-refractivity contribution in [2.24, 2.45) is 0 Å². The van der Waals surface area contributed by atoms with E-state index in [1.807, 2.05) is 30.3 Å². The Bertz CT molecular complexity index is 427. The van der Waals surface area contributed by atoms with Crippen LogP contribution < -0.4 is 10.6 Å². The van der Waals surface area contributed by atoms with Gasteiger partial charge in [-0.1, -0.05) is 30.3 Å². The lowest BCUT2D eigenvalue weighted by molar-refractivity contribution is -0.135. The molecule has 0 unspecified atom stereocenters. The number of carbonyl (C=O) groups excluding carboxylic acids is 1. The van der Waals surface area contributed by atoms with Gasteiger partial charge in [-0.3, -0.25) is 4.79 Å². The van der Waals surface area contributed by atoms with Gasteiger partial charge >= 0.3 is 12.0 Å². The molecule has 1 aliphatic carbocycles. The summed E-state index contributed by atoms with van der Waals surface area (Å²) in [6.45, 7) is -0.364.